The second-order valence-electron chi connectivity index (χ2n) is 4.77. The molecule has 0 bridgehead atoms. The number of aliphatic hydroxyl groups is 1. The first-order chi connectivity index (χ1) is 8.19. The zero-order chi connectivity index (χ0) is 12.3. The third-order valence-corrected chi connectivity index (χ3v) is 3.47. The Balaban J connectivity index is 1.93. The number of anilines is 2. The highest BCUT2D eigenvalue weighted by atomic mass is 16.3. The van der Waals surface area contributed by atoms with Gasteiger partial charge in [-0.25, -0.2) is 4.98 Å². The van der Waals surface area contributed by atoms with Crippen LogP contribution in [0, 0.1) is 18.8 Å². The molecular formula is C12H20N4O. The molecule has 4 N–H and O–H groups in total. The van der Waals surface area contributed by atoms with Gasteiger partial charge in [0.05, 0.1) is 0 Å². The summed E-state index contributed by atoms with van der Waals surface area (Å²) in [6, 6.07) is 1.89. The molecule has 1 fully saturated rings. The summed E-state index contributed by atoms with van der Waals surface area (Å²) in [6.45, 7) is 3.04. The lowest BCUT2D eigenvalue weighted by Gasteiger charge is -2.18. The van der Waals surface area contributed by atoms with Crippen LogP contribution >= 0.6 is 0 Å². The van der Waals surface area contributed by atoms with Crippen molar-refractivity contribution in [3.8, 4) is 0 Å². The summed E-state index contributed by atoms with van der Waals surface area (Å²) in [7, 11) is 0. The Hall–Kier alpha value is -1.36. The summed E-state index contributed by atoms with van der Waals surface area (Å²) < 4.78 is 0. The minimum atomic E-state index is 0.289. The smallest absolute Gasteiger partial charge is 0.222 e. The van der Waals surface area contributed by atoms with Gasteiger partial charge >= 0.3 is 0 Å². The summed E-state index contributed by atoms with van der Waals surface area (Å²) in [5, 5.41) is 12.5. The molecule has 5 nitrogen and oxygen atoms in total. The van der Waals surface area contributed by atoms with E-state index in [1.807, 2.05) is 13.0 Å². The van der Waals surface area contributed by atoms with Gasteiger partial charge in [-0.2, -0.15) is 4.98 Å². The van der Waals surface area contributed by atoms with E-state index in [1.165, 1.54) is 12.8 Å². The summed E-state index contributed by atoms with van der Waals surface area (Å²) >= 11 is 0. The number of aryl methyl sites for hydroxylation is 1. The Bertz CT molecular complexity index is 363. The zero-order valence-electron chi connectivity index (χ0n) is 10.2. The van der Waals surface area contributed by atoms with Crippen LogP contribution in [0.4, 0.5) is 11.8 Å². The highest BCUT2D eigenvalue weighted by Gasteiger charge is 2.26. The van der Waals surface area contributed by atoms with Crippen LogP contribution in [0.2, 0.25) is 0 Å². The van der Waals surface area contributed by atoms with E-state index >= 15 is 0 Å². The first-order valence-corrected chi connectivity index (χ1v) is 6.15. The average molecular weight is 236 g/mol. The molecule has 0 saturated heterocycles. The third kappa shape index (κ3) is 3.06. The second kappa shape index (κ2) is 5.31. The van der Waals surface area contributed by atoms with E-state index in [0.717, 1.165) is 24.5 Å². The summed E-state index contributed by atoms with van der Waals surface area (Å²) in [4.78, 5) is 8.17. The van der Waals surface area contributed by atoms with Gasteiger partial charge < -0.3 is 16.2 Å². The van der Waals surface area contributed by atoms with Crippen molar-refractivity contribution in [2.24, 2.45) is 11.8 Å². The predicted octanol–water partition coefficient (Wildman–Crippen LogP) is 1.19. The first kappa shape index (κ1) is 12.1. The molecule has 5 heteroatoms. The van der Waals surface area contributed by atoms with Crippen LogP contribution in [-0.4, -0.2) is 28.2 Å². The maximum absolute atomic E-state index is 9.25. The fraction of sp³-hybridized carbons (Fsp3) is 0.667. The fourth-order valence-electron chi connectivity index (χ4n) is 2.54. The Morgan fingerprint density at radius 3 is 2.88 bits per heavy atom. The molecule has 0 aromatic carbocycles. The molecule has 94 valence electrons. The molecule has 0 aliphatic heterocycles. The molecule has 1 aromatic rings. The van der Waals surface area contributed by atoms with Crippen molar-refractivity contribution >= 4 is 11.8 Å². The minimum absolute atomic E-state index is 0.289. The molecular weight excluding hydrogens is 216 g/mol. The van der Waals surface area contributed by atoms with Crippen LogP contribution < -0.4 is 11.1 Å². The van der Waals surface area contributed by atoms with Crippen molar-refractivity contribution in [2.75, 3.05) is 24.2 Å². The van der Waals surface area contributed by atoms with Gasteiger partial charge in [0.1, 0.15) is 5.82 Å². The number of hydrogen-bond acceptors (Lipinski definition) is 5. The molecule has 2 rings (SSSR count). The van der Waals surface area contributed by atoms with Crippen LogP contribution in [0.3, 0.4) is 0 Å². The fourth-order valence-corrected chi connectivity index (χ4v) is 2.54. The number of rotatable bonds is 4. The SMILES string of the molecule is Cc1cc(NCC2CCCC2CO)nc(N)n1. The van der Waals surface area contributed by atoms with Gasteiger partial charge in [-0.1, -0.05) is 6.42 Å². The van der Waals surface area contributed by atoms with Gasteiger partial charge in [0.25, 0.3) is 0 Å². The summed E-state index contributed by atoms with van der Waals surface area (Å²) in [5.74, 6) is 2.05. The molecule has 2 unspecified atom stereocenters. The van der Waals surface area contributed by atoms with Crippen molar-refractivity contribution < 1.29 is 5.11 Å². The van der Waals surface area contributed by atoms with Crippen molar-refractivity contribution in [3.63, 3.8) is 0 Å². The van der Waals surface area contributed by atoms with Crippen LogP contribution in [0.15, 0.2) is 6.07 Å². The second-order valence-corrected chi connectivity index (χ2v) is 4.77. The van der Waals surface area contributed by atoms with E-state index in [0.29, 0.717) is 17.8 Å². The summed E-state index contributed by atoms with van der Waals surface area (Å²) in [6.07, 6.45) is 3.52. The number of nitrogens with zero attached hydrogens (tertiary/aromatic N) is 2. The molecule has 1 saturated carbocycles. The van der Waals surface area contributed by atoms with Gasteiger partial charge in [-0.3, -0.25) is 0 Å². The number of nitrogens with one attached hydrogen (secondary N) is 1. The predicted molar refractivity (Wildman–Crippen MR) is 67.6 cm³/mol. The number of aliphatic hydroxyl groups excluding tert-OH is 1. The minimum Gasteiger partial charge on any atom is -0.396 e. The topological polar surface area (TPSA) is 84.1 Å². The quantitative estimate of drug-likeness (QED) is 0.731. The van der Waals surface area contributed by atoms with Gasteiger partial charge in [-0.05, 0) is 31.6 Å². The standard InChI is InChI=1S/C12H20N4O/c1-8-5-11(16-12(13)15-8)14-6-9-3-2-4-10(9)7-17/h5,9-10,17H,2-4,6-7H2,1H3,(H3,13,14,15,16). The van der Waals surface area contributed by atoms with Gasteiger partial charge in [0.2, 0.25) is 5.95 Å². The van der Waals surface area contributed by atoms with Crippen LogP contribution in [0.25, 0.3) is 0 Å². The van der Waals surface area contributed by atoms with Crippen molar-refractivity contribution in [2.45, 2.75) is 26.2 Å². The molecule has 0 spiro atoms. The Morgan fingerprint density at radius 2 is 2.18 bits per heavy atom. The monoisotopic (exact) mass is 236 g/mol. The van der Waals surface area contributed by atoms with E-state index in [1.54, 1.807) is 0 Å². The maximum atomic E-state index is 9.25. The summed E-state index contributed by atoms with van der Waals surface area (Å²) in [5.41, 5.74) is 6.46. The van der Waals surface area contributed by atoms with Gasteiger partial charge in [0.15, 0.2) is 0 Å². The highest BCUT2D eigenvalue weighted by molar-refractivity contribution is 5.40. The van der Waals surface area contributed by atoms with Crippen LogP contribution in [0.5, 0.6) is 0 Å². The zero-order valence-corrected chi connectivity index (χ0v) is 10.2. The molecule has 1 aliphatic rings. The van der Waals surface area contributed by atoms with Crippen LogP contribution in [0.1, 0.15) is 25.0 Å². The maximum Gasteiger partial charge on any atom is 0.222 e. The highest BCUT2D eigenvalue weighted by Crippen LogP contribution is 2.31. The van der Waals surface area contributed by atoms with E-state index in [4.69, 9.17) is 5.73 Å². The lowest BCUT2D eigenvalue weighted by molar-refractivity contribution is 0.199. The van der Waals surface area contributed by atoms with Gasteiger partial charge in [0, 0.05) is 24.9 Å². The molecule has 17 heavy (non-hydrogen) atoms. The van der Waals surface area contributed by atoms with E-state index in [2.05, 4.69) is 15.3 Å². The normalized spacial score (nSPS) is 23.9. The third-order valence-electron chi connectivity index (χ3n) is 3.47. The molecule has 1 aromatic heterocycles. The van der Waals surface area contributed by atoms with Crippen molar-refractivity contribution in [1.82, 2.24) is 9.97 Å². The van der Waals surface area contributed by atoms with E-state index < -0.39 is 0 Å². The Kier molecular flexibility index (Phi) is 3.78. The molecule has 1 heterocycles. The Morgan fingerprint density at radius 1 is 1.41 bits per heavy atom. The van der Waals surface area contributed by atoms with Crippen LogP contribution in [-0.2, 0) is 0 Å². The Labute approximate surface area is 101 Å². The number of nitrogens with two attached hydrogens (primary N) is 1. The lowest BCUT2D eigenvalue weighted by atomic mass is 9.97. The molecule has 2 atom stereocenters. The number of nitrogen functional groups attached to an aromatic ring is 1. The number of hydrogen-bond donors (Lipinski definition) is 3. The van der Waals surface area contributed by atoms with Gasteiger partial charge in [-0.15, -0.1) is 0 Å². The first-order valence-electron chi connectivity index (χ1n) is 6.15. The largest absolute Gasteiger partial charge is 0.396 e. The number of aromatic nitrogens is 2. The average Bonchev–Trinajstić information content (AvgIpc) is 2.72. The van der Waals surface area contributed by atoms with Crippen molar-refractivity contribution in [3.05, 3.63) is 11.8 Å². The molecule has 0 amide bonds. The molecule has 1 aliphatic carbocycles. The molecule has 0 radical (unpaired) electrons. The van der Waals surface area contributed by atoms with Crippen molar-refractivity contribution in [1.29, 1.82) is 0 Å². The van der Waals surface area contributed by atoms with E-state index in [9.17, 15) is 5.11 Å². The lowest BCUT2D eigenvalue weighted by Crippen LogP contribution is -2.21. The van der Waals surface area contributed by atoms with E-state index in [-0.39, 0.29) is 6.61 Å².